The number of carbonyl (C=O) groups excluding carboxylic acids is 1. The number of aromatic nitrogens is 1. The van der Waals surface area contributed by atoms with Gasteiger partial charge in [0.15, 0.2) is 0 Å². The van der Waals surface area contributed by atoms with Gasteiger partial charge in [-0.1, -0.05) is 0 Å². The molecule has 0 atom stereocenters. The van der Waals surface area contributed by atoms with Gasteiger partial charge in [-0.25, -0.2) is 4.79 Å². The number of ether oxygens (including phenoxy) is 2. The van der Waals surface area contributed by atoms with Crippen molar-refractivity contribution < 1.29 is 23.9 Å². The number of hydrogen-bond acceptors (Lipinski definition) is 5. The summed E-state index contributed by atoms with van der Waals surface area (Å²) in [6.45, 7) is 7.45. The predicted molar refractivity (Wildman–Crippen MR) is 89.4 cm³/mol. The zero-order chi connectivity index (χ0) is 17.2. The monoisotopic (exact) mass is 319 g/mol. The van der Waals surface area contributed by atoms with E-state index in [4.69, 9.17) is 14.1 Å². The Morgan fingerprint density at radius 3 is 2.57 bits per heavy atom. The second kappa shape index (κ2) is 6.64. The Bertz CT molecular complexity index is 704. The van der Waals surface area contributed by atoms with Crippen LogP contribution in [0.4, 0.5) is 4.79 Å². The largest absolute Gasteiger partial charge is 0.509 e. The lowest BCUT2D eigenvalue weighted by Crippen LogP contribution is -2.42. The van der Waals surface area contributed by atoms with Crippen molar-refractivity contribution in [3.8, 4) is 5.75 Å². The molecule has 0 saturated heterocycles. The van der Waals surface area contributed by atoms with E-state index in [1.165, 1.54) is 4.57 Å². The summed E-state index contributed by atoms with van der Waals surface area (Å²) in [7, 11) is 0.337. The summed E-state index contributed by atoms with van der Waals surface area (Å²) in [5.74, 6) is 0.609. The van der Waals surface area contributed by atoms with Crippen LogP contribution in [-0.2, 0) is 9.39 Å². The third-order valence-corrected chi connectivity index (χ3v) is 3.19. The first-order valence-corrected chi connectivity index (χ1v) is 7.49. The van der Waals surface area contributed by atoms with Gasteiger partial charge < -0.3 is 19.2 Å². The molecule has 124 valence electrons. The molecule has 0 aliphatic heterocycles. The van der Waals surface area contributed by atoms with Crippen LogP contribution in [0.25, 0.3) is 10.9 Å². The summed E-state index contributed by atoms with van der Waals surface area (Å²) in [6, 6.07) is 7.04. The van der Waals surface area contributed by atoms with Crippen molar-refractivity contribution in [2.75, 3.05) is 13.7 Å². The van der Waals surface area contributed by atoms with E-state index < -0.39 is 18.8 Å². The van der Waals surface area contributed by atoms with Crippen LogP contribution in [-0.4, -0.2) is 42.1 Å². The molecule has 0 saturated carbocycles. The van der Waals surface area contributed by atoms with E-state index in [0.717, 1.165) is 5.39 Å². The van der Waals surface area contributed by atoms with Gasteiger partial charge in [0.1, 0.15) is 11.4 Å². The van der Waals surface area contributed by atoms with Crippen molar-refractivity contribution in [1.82, 2.24) is 4.57 Å². The van der Waals surface area contributed by atoms with Crippen LogP contribution in [0.15, 0.2) is 24.3 Å². The van der Waals surface area contributed by atoms with Crippen molar-refractivity contribution in [1.29, 1.82) is 0 Å². The first-order chi connectivity index (χ1) is 10.8. The topological polar surface area (TPSA) is 69.9 Å². The zero-order valence-corrected chi connectivity index (χ0v) is 14.1. The average Bonchev–Trinajstić information content (AvgIpc) is 2.84. The molecule has 2 rings (SSSR count). The summed E-state index contributed by atoms with van der Waals surface area (Å²) in [6.07, 6.45) is -0.575. The van der Waals surface area contributed by atoms with Crippen molar-refractivity contribution in [2.24, 2.45) is 0 Å². The minimum Gasteiger partial charge on any atom is -0.497 e. The van der Waals surface area contributed by atoms with E-state index in [-0.39, 0.29) is 0 Å². The van der Waals surface area contributed by atoms with E-state index >= 15 is 0 Å². The summed E-state index contributed by atoms with van der Waals surface area (Å²) in [5, 5.41) is 11.0. The highest BCUT2D eigenvalue weighted by Gasteiger charge is 2.29. The molecule has 0 bridgehead atoms. The molecule has 0 unspecified atom stereocenters. The van der Waals surface area contributed by atoms with Gasteiger partial charge >= 0.3 is 13.2 Å². The average molecular weight is 319 g/mol. The van der Waals surface area contributed by atoms with Crippen molar-refractivity contribution >= 4 is 29.7 Å². The molecule has 1 heterocycles. The fraction of sp³-hybridized carbons (Fsp3) is 0.438. The molecule has 0 aliphatic rings. The maximum atomic E-state index is 12.6. The minimum atomic E-state index is -1.22. The predicted octanol–water partition coefficient (Wildman–Crippen LogP) is 2.16. The Labute approximate surface area is 136 Å². The quantitative estimate of drug-likeness (QED) is 0.875. The van der Waals surface area contributed by atoms with E-state index in [0.29, 0.717) is 23.5 Å². The van der Waals surface area contributed by atoms with Crippen LogP contribution < -0.4 is 10.3 Å². The van der Waals surface area contributed by atoms with Gasteiger partial charge in [0, 0.05) is 18.1 Å². The summed E-state index contributed by atoms with van der Waals surface area (Å²) < 4.78 is 17.2. The van der Waals surface area contributed by atoms with Crippen LogP contribution in [0, 0.1) is 0 Å². The Hall–Kier alpha value is -1.99. The number of methoxy groups -OCH3 is 1. The number of benzene rings is 1. The highest BCUT2D eigenvalue weighted by Crippen LogP contribution is 2.22. The van der Waals surface area contributed by atoms with E-state index in [2.05, 4.69) is 0 Å². The smallest absolute Gasteiger partial charge is 0.497 e. The molecule has 7 heteroatoms. The first kappa shape index (κ1) is 17.4. The summed E-state index contributed by atoms with van der Waals surface area (Å²) in [5.41, 5.74) is 0.261. The number of fused-ring (bicyclic) bond motifs is 1. The zero-order valence-electron chi connectivity index (χ0n) is 14.1. The molecule has 0 amide bonds. The number of hydrogen-bond donors (Lipinski definition) is 1. The highest BCUT2D eigenvalue weighted by molar-refractivity contribution is 6.60. The van der Waals surface area contributed by atoms with Crippen molar-refractivity contribution in [3.05, 3.63) is 24.3 Å². The standard InChI is InChI=1S/C16H22BNO5/c1-6-22-17(20)14-9-11-7-8-12(21-5)10-13(11)18(14)15(19)23-16(2,3)4/h7-10,20H,6H2,1-5H3. The maximum Gasteiger partial charge on any atom is 0.509 e. The molecule has 0 radical (unpaired) electrons. The van der Waals surface area contributed by atoms with E-state index in [9.17, 15) is 9.82 Å². The SMILES string of the molecule is CCOB(O)c1cc2ccc(OC)cc2n1C(=O)OC(C)(C)C. The molecule has 1 aromatic carbocycles. The molecule has 0 spiro atoms. The minimum absolute atomic E-state index is 0.320. The number of nitrogens with zero attached hydrogens (tertiary/aromatic N) is 1. The molecule has 1 aromatic heterocycles. The van der Waals surface area contributed by atoms with Gasteiger partial charge in [0.25, 0.3) is 0 Å². The van der Waals surface area contributed by atoms with Gasteiger partial charge in [0.2, 0.25) is 0 Å². The molecular formula is C16H22BNO5. The van der Waals surface area contributed by atoms with Gasteiger partial charge in [-0.15, -0.1) is 0 Å². The van der Waals surface area contributed by atoms with Crippen LogP contribution in [0.2, 0.25) is 0 Å². The third kappa shape index (κ3) is 3.86. The highest BCUT2D eigenvalue weighted by atomic mass is 16.6. The Kier molecular flexibility index (Phi) is 5.01. The second-order valence-corrected chi connectivity index (χ2v) is 6.12. The van der Waals surface area contributed by atoms with Crippen LogP contribution in [0.1, 0.15) is 27.7 Å². The van der Waals surface area contributed by atoms with Crippen LogP contribution in [0.3, 0.4) is 0 Å². The third-order valence-electron chi connectivity index (χ3n) is 3.19. The Morgan fingerprint density at radius 2 is 2.00 bits per heavy atom. The first-order valence-electron chi connectivity index (χ1n) is 7.49. The molecule has 0 fully saturated rings. The van der Waals surface area contributed by atoms with E-state index in [1.807, 2.05) is 6.07 Å². The van der Waals surface area contributed by atoms with Crippen molar-refractivity contribution in [3.63, 3.8) is 0 Å². The molecule has 0 aliphatic carbocycles. The number of carbonyl (C=O) groups is 1. The molecule has 23 heavy (non-hydrogen) atoms. The Balaban J connectivity index is 2.59. The lowest BCUT2D eigenvalue weighted by Gasteiger charge is -2.21. The van der Waals surface area contributed by atoms with Crippen LogP contribution >= 0.6 is 0 Å². The van der Waals surface area contributed by atoms with Gasteiger partial charge in [0.05, 0.1) is 18.2 Å². The molecule has 6 nitrogen and oxygen atoms in total. The molecule has 1 N–H and O–H groups in total. The lowest BCUT2D eigenvalue weighted by molar-refractivity contribution is 0.0547. The van der Waals surface area contributed by atoms with Gasteiger partial charge in [-0.2, -0.15) is 0 Å². The normalized spacial score (nSPS) is 11.6. The van der Waals surface area contributed by atoms with Crippen LogP contribution in [0.5, 0.6) is 5.75 Å². The van der Waals surface area contributed by atoms with Crippen molar-refractivity contribution in [2.45, 2.75) is 33.3 Å². The fourth-order valence-corrected chi connectivity index (χ4v) is 2.27. The molecule has 2 aromatic rings. The summed E-state index contributed by atoms with van der Waals surface area (Å²) >= 11 is 0. The number of rotatable bonds is 4. The second-order valence-electron chi connectivity index (χ2n) is 6.12. The Morgan fingerprint density at radius 1 is 1.30 bits per heavy atom. The fourth-order valence-electron chi connectivity index (χ4n) is 2.27. The van der Waals surface area contributed by atoms with E-state index in [1.54, 1.807) is 53.0 Å². The maximum absolute atomic E-state index is 12.6. The molecular weight excluding hydrogens is 297 g/mol. The van der Waals surface area contributed by atoms with Gasteiger partial charge in [-0.05, 0) is 45.9 Å². The summed E-state index contributed by atoms with van der Waals surface area (Å²) in [4.78, 5) is 12.6. The van der Waals surface area contributed by atoms with Gasteiger partial charge in [-0.3, -0.25) is 4.57 Å². The lowest BCUT2D eigenvalue weighted by atomic mass is 9.85.